The van der Waals surface area contributed by atoms with Gasteiger partial charge in [-0.1, -0.05) is 12.5 Å². The zero-order valence-electron chi connectivity index (χ0n) is 15.4. The van der Waals surface area contributed by atoms with Crippen LogP contribution in [0, 0.1) is 23.2 Å². The first-order valence-corrected chi connectivity index (χ1v) is 10.1. The molecule has 0 N–H and O–H groups in total. The van der Waals surface area contributed by atoms with Crippen LogP contribution in [0.4, 0.5) is 0 Å². The Kier molecular flexibility index (Phi) is 4.59. The quantitative estimate of drug-likeness (QED) is 0.534. The molecule has 0 radical (unpaired) electrons. The SMILES string of the molecule is C[C@]12CCC3=C4CCC(=O)C=C4CC[C@H]3[C@@H]1CC[C@H]2CCCOC=O. The second-order valence-electron chi connectivity index (χ2n) is 8.78. The highest BCUT2D eigenvalue weighted by Gasteiger charge is 2.53. The van der Waals surface area contributed by atoms with Crippen LogP contribution in [0.5, 0.6) is 0 Å². The van der Waals surface area contributed by atoms with Gasteiger partial charge in [0.2, 0.25) is 0 Å². The van der Waals surface area contributed by atoms with Gasteiger partial charge in [0, 0.05) is 6.42 Å². The Morgan fingerprint density at radius 3 is 2.92 bits per heavy atom. The van der Waals surface area contributed by atoms with Gasteiger partial charge in [0.05, 0.1) is 6.61 Å². The van der Waals surface area contributed by atoms with Crippen LogP contribution in [-0.4, -0.2) is 18.9 Å². The van der Waals surface area contributed by atoms with Gasteiger partial charge in [-0.2, -0.15) is 0 Å². The summed E-state index contributed by atoms with van der Waals surface area (Å²) in [6.45, 7) is 3.68. The van der Waals surface area contributed by atoms with Crippen LogP contribution in [0.2, 0.25) is 0 Å². The predicted molar refractivity (Wildman–Crippen MR) is 96.9 cm³/mol. The van der Waals surface area contributed by atoms with Crippen molar-refractivity contribution in [2.75, 3.05) is 6.61 Å². The first-order valence-electron chi connectivity index (χ1n) is 10.1. The van der Waals surface area contributed by atoms with Gasteiger partial charge in [0.1, 0.15) is 0 Å². The van der Waals surface area contributed by atoms with E-state index in [2.05, 4.69) is 6.92 Å². The number of carbonyl (C=O) groups excluding carboxylic acids is 2. The largest absolute Gasteiger partial charge is 0.468 e. The number of hydrogen-bond acceptors (Lipinski definition) is 3. The van der Waals surface area contributed by atoms with Crippen molar-refractivity contribution in [3.05, 3.63) is 22.8 Å². The smallest absolute Gasteiger partial charge is 0.293 e. The maximum absolute atomic E-state index is 11.8. The first kappa shape index (κ1) is 17.1. The van der Waals surface area contributed by atoms with Crippen LogP contribution in [0.3, 0.4) is 0 Å². The number of ketones is 1. The second-order valence-corrected chi connectivity index (χ2v) is 8.78. The van der Waals surface area contributed by atoms with Crippen molar-refractivity contribution >= 4 is 12.3 Å². The molecule has 4 aliphatic rings. The zero-order valence-corrected chi connectivity index (χ0v) is 15.4. The highest BCUT2D eigenvalue weighted by atomic mass is 16.5. The van der Waals surface area contributed by atoms with Gasteiger partial charge >= 0.3 is 0 Å². The molecule has 4 rings (SSSR count). The maximum atomic E-state index is 11.8. The van der Waals surface area contributed by atoms with E-state index in [0.29, 0.717) is 24.3 Å². The summed E-state index contributed by atoms with van der Waals surface area (Å²) < 4.78 is 4.89. The van der Waals surface area contributed by atoms with Crippen molar-refractivity contribution in [2.24, 2.45) is 23.2 Å². The molecule has 3 nitrogen and oxygen atoms in total. The Balaban J connectivity index is 1.52. The van der Waals surface area contributed by atoms with E-state index in [1.807, 2.05) is 6.08 Å². The summed E-state index contributed by atoms with van der Waals surface area (Å²) in [4.78, 5) is 22.1. The molecule has 2 fully saturated rings. The summed E-state index contributed by atoms with van der Waals surface area (Å²) in [5.74, 6) is 2.69. The third-order valence-electron chi connectivity index (χ3n) is 7.81. The fourth-order valence-corrected chi connectivity index (χ4v) is 6.57. The molecule has 136 valence electrons. The molecule has 4 aliphatic carbocycles. The third kappa shape index (κ3) is 2.90. The highest BCUT2D eigenvalue weighted by Crippen LogP contribution is 2.62. The first-order chi connectivity index (χ1) is 12.1. The van der Waals surface area contributed by atoms with Crippen molar-refractivity contribution in [3.8, 4) is 0 Å². The lowest BCUT2D eigenvalue weighted by atomic mass is 9.55. The molecule has 4 atom stereocenters. The fraction of sp³-hybridized carbons (Fsp3) is 0.727. The lowest BCUT2D eigenvalue weighted by Gasteiger charge is -2.49. The summed E-state index contributed by atoms with van der Waals surface area (Å²) in [6, 6.07) is 0. The van der Waals surface area contributed by atoms with Crippen LogP contribution in [0.15, 0.2) is 22.8 Å². The molecule has 0 amide bonds. The van der Waals surface area contributed by atoms with Gasteiger partial charge in [-0.3, -0.25) is 9.59 Å². The zero-order chi connectivity index (χ0) is 17.4. The molecule has 0 aromatic heterocycles. The van der Waals surface area contributed by atoms with E-state index in [9.17, 15) is 9.59 Å². The minimum absolute atomic E-state index is 0.330. The molecule has 0 bridgehead atoms. The highest BCUT2D eigenvalue weighted by molar-refractivity contribution is 5.93. The molecule has 2 saturated carbocycles. The van der Waals surface area contributed by atoms with Crippen molar-refractivity contribution in [1.29, 1.82) is 0 Å². The van der Waals surface area contributed by atoms with Gasteiger partial charge in [-0.25, -0.2) is 0 Å². The number of carbonyl (C=O) groups is 2. The second kappa shape index (κ2) is 6.74. The molecule has 0 saturated heterocycles. The lowest BCUT2D eigenvalue weighted by molar-refractivity contribution is -0.128. The minimum atomic E-state index is 0.330. The van der Waals surface area contributed by atoms with Crippen molar-refractivity contribution < 1.29 is 14.3 Å². The molecule has 0 aromatic rings. The Morgan fingerprint density at radius 2 is 2.08 bits per heavy atom. The molecule has 0 spiro atoms. The van der Waals surface area contributed by atoms with E-state index in [4.69, 9.17) is 4.74 Å². The summed E-state index contributed by atoms with van der Waals surface area (Å²) in [7, 11) is 0. The van der Waals surface area contributed by atoms with Gasteiger partial charge in [-0.05, 0) is 98.2 Å². The molecular formula is C22H30O3. The van der Waals surface area contributed by atoms with Gasteiger partial charge in [0.15, 0.2) is 5.78 Å². The van der Waals surface area contributed by atoms with Crippen molar-refractivity contribution in [2.45, 2.75) is 71.1 Å². The van der Waals surface area contributed by atoms with Gasteiger partial charge in [0.25, 0.3) is 6.47 Å². The van der Waals surface area contributed by atoms with E-state index in [1.165, 1.54) is 44.1 Å². The van der Waals surface area contributed by atoms with E-state index in [1.54, 1.807) is 11.1 Å². The predicted octanol–water partition coefficient (Wildman–Crippen LogP) is 4.76. The van der Waals surface area contributed by atoms with Crippen LogP contribution < -0.4 is 0 Å². The Labute approximate surface area is 150 Å². The number of allylic oxidation sites excluding steroid dienone is 4. The Hall–Kier alpha value is -1.38. The van der Waals surface area contributed by atoms with Crippen LogP contribution in [0.1, 0.15) is 71.1 Å². The minimum Gasteiger partial charge on any atom is -0.468 e. The van der Waals surface area contributed by atoms with Crippen LogP contribution in [-0.2, 0) is 14.3 Å². The maximum Gasteiger partial charge on any atom is 0.293 e. The number of rotatable bonds is 5. The van der Waals surface area contributed by atoms with E-state index < -0.39 is 0 Å². The summed E-state index contributed by atoms with van der Waals surface area (Å²) in [5.41, 5.74) is 5.12. The van der Waals surface area contributed by atoms with E-state index in [-0.39, 0.29) is 0 Å². The van der Waals surface area contributed by atoms with Gasteiger partial charge < -0.3 is 4.74 Å². The number of ether oxygens (including phenoxy) is 1. The normalized spacial score (nSPS) is 37.1. The standard InChI is InChI=1S/C22H30O3/c1-22-11-10-19-18-8-6-17(24)13-15(18)4-7-20(19)21(22)9-5-16(22)3-2-12-25-14-23/h13-14,16,20-21H,2-12H2,1H3/t16-,20-,21+,22-/m1/s1. The van der Waals surface area contributed by atoms with Crippen LogP contribution >= 0.6 is 0 Å². The molecule has 0 aliphatic heterocycles. The lowest BCUT2D eigenvalue weighted by Crippen LogP contribution is -2.40. The molecule has 3 heteroatoms. The van der Waals surface area contributed by atoms with E-state index in [0.717, 1.165) is 43.4 Å². The topological polar surface area (TPSA) is 43.4 Å². The van der Waals surface area contributed by atoms with E-state index >= 15 is 0 Å². The summed E-state index contributed by atoms with van der Waals surface area (Å²) in [5, 5.41) is 0. The molecule has 0 aromatic carbocycles. The fourth-order valence-electron chi connectivity index (χ4n) is 6.57. The number of hydrogen-bond donors (Lipinski definition) is 0. The Bertz CT molecular complexity index is 629. The average Bonchev–Trinajstić information content (AvgIpc) is 2.95. The average molecular weight is 342 g/mol. The molecule has 25 heavy (non-hydrogen) atoms. The number of fused-ring (bicyclic) bond motifs is 4. The third-order valence-corrected chi connectivity index (χ3v) is 7.81. The van der Waals surface area contributed by atoms with Crippen molar-refractivity contribution in [1.82, 2.24) is 0 Å². The Morgan fingerprint density at radius 1 is 1.20 bits per heavy atom. The molecule has 0 heterocycles. The van der Waals surface area contributed by atoms with Crippen molar-refractivity contribution in [3.63, 3.8) is 0 Å². The van der Waals surface area contributed by atoms with Crippen LogP contribution in [0.25, 0.3) is 0 Å². The monoisotopic (exact) mass is 342 g/mol. The molecular weight excluding hydrogens is 312 g/mol. The summed E-state index contributed by atoms with van der Waals surface area (Å²) in [6.07, 6.45) is 13.4. The van der Waals surface area contributed by atoms with Gasteiger partial charge in [-0.15, -0.1) is 0 Å². The summed E-state index contributed by atoms with van der Waals surface area (Å²) >= 11 is 0. The molecule has 0 unspecified atom stereocenters.